The van der Waals surface area contributed by atoms with Gasteiger partial charge in [0.25, 0.3) is 0 Å². The zero-order valence-corrected chi connectivity index (χ0v) is 5.22. The summed E-state index contributed by atoms with van der Waals surface area (Å²) >= 11 is 0. The summed E-state index contributed by atoms with van der Waals surface area (Å²) in [6.07, 6.45) is -10.9. The molecular weight excluding hydrogens is 120 g/mol. The van der Waals surface area contributed by atoms with Crippen LogP contribution in [0.1, 0.15) is 21.0 Å². The molecule has 0 N–H and O–H groups in total. The van der Waals surface area contributed by atoms with Crippen molar-refractivity contribution in [2.45, 2.75) is 25.3 Å². The van der Waals surface area contributed by atoms with E-state index in [-0.39, 0.29) is 0 Å². The lowest BCUT2D eigenvalue weighted by molar-refractivity contribution is -0.185. The second-order valence-electron chi connectivity index (χ2n) is 1.34. The highest BCUT2D eigenvalue weighted by molar-refractivity contribution is 4.58. The Morgan fingerprint density at radius 3 is 2.11 bits per heavy atom. The number of methoxy groups -OCH3 is 2. The van der Waals surface area contributed by atoms with Crippen LogP contribution >= 0.6 is 0 Å². The molecule has 3 nitrogen and oxygen atoms in total. The van der Waals surface area contributed by atoms with Gasteiger partial charge < -0.3 is 14.2 Å². The van der Waals surface area contributed by atoms with E-state index >= 15 is 0 Å². The first-order valence-corrected chi connectivity index (χ1v) is 2.38. The van der Waals surface area contributed by atoms with E-state index in [0.29, 0.717) is 0 Å². The Labute approximate surface area is 63.3 Å². The third kappa shape index (κ3) is 1.64. The van der Waals surface area contributed by atoms with Gasteiger partial charge in [-0.25, -0.2) is 0 Å². The Kier molecular flexibility index (Phi) is 0.872. The fourth-order valence-electron chi connectivity index (χ4n) is 0.423. The Bertz CT molecular complexity index is 246. The zero-order chi connectivity index (χ0) is 12.1. The van der Waals surface area contributed by atoms with E-state index in [9.17, 15) is 0 Å². The molecule has 0 amide bonds. The van der Waals surface area contributed by atoms with E-state index in [1.165, 1.54) is 0 Å². The molecule has 2 unspecified atom stereocenters. The monoisotopic (exact) mass is 138 g/mol. The molecule has 0 radical (unpaired) electrons. The molecule has 0 spiro atoms. The van der Waals surface area contributed by atoms with Gasteiger partial charge in [-0.1, -0.05) is 0 Å². The molecular formula is C6H12O3. The van der Waals surface area contributed by atoms with Gasteiger partial charge in [-0.2, -0.15) is 0 Å². The molecule has 1 rings (SSSR count). The normalized spacial score (nSPS) is 72.7. The lowest BCUT2D eigenvalue weighted by Crippen LogP contribution is -2.13. The summed E-state index contributed by atoms with van der Waals surface area (Å²) in [4.78, 5) is 0. The van der Waals surface area contributed by atoms with Gasteiger partial charge >= 0.3 is 0 Å². The number of rotatable bonds is 2. The van der Waals surface area contributed by atoms with Crippen LogP contribution in [0.5, 0.6) is 0 Å². The smallest absolute Gasteiger partial charge is 0.160 e. The van der Waals surface area contributed by atoms with Gasteiger partial charge in [0, 0.05) is 32.4 Å². The third-order valence-corrected chi connectivity index (χ3v) is 0.823. The molecule has 0 aromatic carbocycles. The summed E-state index contributed by atoms with van der Waals surface area (Å²) in [5.74, 6) is 0. The Morgan fingerprint density at radius 1 is 1.44 bits per heavy atom. The first-order valence-electron chi connectivity index (χ1n) is 5.38. The fourth-order valence-corrected chi connectivity index (χ4v) is 0.423. The van der Waals surface area contributed by atoms with Crippen LogP contribution in [-0.2, 0) is 14.2 Å². The van der Waals surface area contributed by atoms with Crippen LogP contribution in [0.3, 0.4) is 0 Å². The molecule has 0 saturated carbocycles. The maximum Gasteiger partial charge on any atom is 0.160 e. The zero-order valence-electron chi connectivity index (χ0n) is 11.2. The van der Waals surface area contributed by atoms with Crippen LogP contribution in [0.4, 0.5) is 0 Å². The molecule has 0 aromatic rings. The molecule has 9 heavy (non-hydrogen) atoms. The SMILES string of the molecule is [2H]C1(OC)OC([2H])(OC)C([2H])([2H])C1([2H])[2H]. The molecule has 1 aliphatic heterocycles. The number of hydrogen-bond acceptors (Lipinski definition) is 3. The largest absolute Gasteiger partial charge is 0.356 e. The Balaban J connectivity index is 3.28. The molecule has 0 bridgehead atoms. The summed E-state index contributed by atoms with van der Waals surface area (Å²) in [5, 5.41) is 0. The molecule has 1 fully saturated rings. The van der Waals surface area contributed by atoms with Gasteiger partial charge in [-0.05, 0) is 0 Å². The lowest BCUT2D eigenvalue weighted by Gasteiger charge is -2.09. The van der Waals surface area contributed by atoms with Crippen molar-refractivity contribution in [2.24, 2.45) is 0 Å². The van der Waals surface area contributed by atoms with Crippen LogP contribution in [0.15, 0.2) is 0 Å². The van der Waals surface area contributed by atoms with E-state index in [1.54, 1.807) is 0 Å². The molecule has 0 aromatic heterocycles. The number of hydrogen-bond donors (Lipinski definition) is 0. The van der Waals surface area contributed by atoms with Crippen molar-refractivity contribution in [3.05, 3.63) is 0 Å². The van der Waals surface area contributed by atoms with Crippen LogP contribution in [0, 0.1) is 0 Å². The highest BCUT2D eigenvalue weighted by atomic mass is 16.8. The quantitative estimate of drug-likeness (QED) is 0.563. The maximum absolute atomic E-state index is 7.49. The molecule has 1 aliphatic rings. The van der Waals surface area contributed by atoms with Gasteiger partial charge in [0.2, 0.25) is 0 Å². The van der Waals surface area contributed by atoms with Crippen LogP contribution in [-0.4, -0.2) is 26.8 Å². The summed E-state index contributed by atoms with van der Waals surface area (Å²) in [7, 11) is 2.00. The second kappa shape index (κ2) is 3.15. The van der Waals surface area contributed by atoms with Crippen molar-refractivity contribution in [2.75, 3.05) is 14.2 Å². The second-order valence-corrected chi connectivity index (χ2v) is 1.34. The van der Waals surface area contributed by atoms with Gasteiger partial charge in [0.05, 0.1) is 2.74 Å². The molecule has 0 aliphatic carbocycles. The molecule has 54 valence electrons. The molecule has 1 saturated heterocycles. The Hall–Kier alpha value is -0.120. The van der Waals surface area contributed by atoms with E-state index in [2.05, 4.69) is 14.2 Å². The van der Waals surface area contributed by atoms with Crippen LogP contribution in [0.2, 0.25) is 0 Å². The average Bonchev–Trinajstić information content (AvgIpc) is 2.25. The minimum absolute atomic E-state index is 1.00. The van der Waals surface area contributed by atoms with Crippen LogP contribution in [0.25, 0.3) is 0 Å². The molecule has 2 atom stereocenters. The molecule has 3 heteroatoms. The first-order chi connectivity index (χ1) is 6.58. The van der Waals surface area contributed by atoms with Crippen molar-refractivity contribution in [3.8, 4) is 0 Å². The topological polar surface area (TPSA) is 27.7 Å². The minimum Gasteiger partial charge on any atom is -0.356 e. The minimum atomic E-state index is -2.83. The first kappa shape index (κ1) is 2.49. The van der Waals surface area contributed by atoms with Crippen molar-refractivity contribution >= 4 is 0 Å². The fraction of sp³-hybridized carbons (Fsp3) is 1.00. The lowest BCUT2D eigenvalue weighted by atomic mass is 10.3. The predicted octanol–water partition coefficient (Wildman–Crippen LogP) is 0.742. The average molecular weight is 138 g/mol. The highest BCUT2D eigenvalue weighted by Crippen LogP contribution is 2.19. The van der Waals surface area contributed by atoms with E-state index in [1.807, 2.05) is 0 Å². The standard InChI is InChI=1S/C6H12O3/c1-7-5-3-4-6(8-2)9-5/h5-6H,3-4H2,1-2H3/i3D2,4D2,5D,6D. The number of ether oxygens (including phenoxy) is 3. The van der Waals surface area contributed by atoms with E-state index in [0.717, 1.165) is 14.2 Å². The third-order valence-electron chi connectivity index (χ3n) is 0.823. The summed E-state index contributed by atoms with van der Waals surface area (Å²) in [6, 6.07) is 0. The molecule has 1 heterocycles. The summed E-state index contributed by atoms with van der Waals surface area (Å²) < 4.78 is 58.4. The van der Waals surface area contributed by atoms with Gasteiger partial charge in [0.15, 0.2) is 12.5 Å². The Morgan fingerprint density at radius 2 is 1.89 bits per heavy atom. The highest BCUT2D eigenvalue weighted by Gasteiger charge is 2.23. The van der Waals surface area contributed by atoms with E-state index < -0.39 is 25.3 Å². The van der Waals surface area contributed by atoms with E-state index in [4.69, 9.17) is 8.22 Å². The van der Waals surface area contributed by atoms with Gasteiger partial charge in [-0.15, -0.1) is 0 Å². The summed E-state index contributed by atoms with van der Waals surface area (Å²) in [6.45, 7) is 0. The van der Waals surface area contributed by atoms with Crippen LogP contribution < -0.4 is 0 Å². The van der Waals surface area contributed by atoms with Crippen molar-refractivity contribution in [1.29, 1.82) is 0 Å². The van der Waals surface area contributed by atoms with Gasteiger partial charge in [0.1, 0.15) is 0 Å². The van der Waals surface area contributed by atoms with Crippen molar-refractivity contribution in [3.63, 3.8) is 0 Å². The van der Waals surface area contributed by atoms with Crippen molar-refractivity contribution < 1.29 is 22.4 Å². The maximum atomic E-state index is 7.49. The van der Waals surface area contributed by atoms with Crippen molar-refractivity contribution in [1.82, 2.24) is 0 Å². The van der Waals surface area contributed by atoms with Gasteiger partial charge in [-0.3, -0.25) is 0 Å². The predicted molar refractivity (Wildman–Crippen MR) is 31.9 cm³/mol. The summed E-state index contributed by atoms with van der Waals surface area (Å²) in [5.41, 5.74) is 0.